The van der Waals surface area contributed by atoms with Crippen LogP contribution in [-0.4, -0.2) is 14.8 Å². The SMILES string of the molecule is Cn1nc(-c2nccs2)cc1-c1ccc(-c2c(F)cccc2F)s1. The highest BCUT2D eigenvalue weighted by molar-refractivity contribution is 7.18. The average molecular weight is 359 g/mol. The molecule has 0 N–H and O–H groups in total. The first kappa shape index (κ1) is 15.2. The number of benzene rings is 1. The Hall–Kier alpha value is -2.38. The lowest BCUT2D eigenvalue weighted by atomic mass is 10.1. The van der Waals surface area contributed by atoms with E-state index in [1.807, 2.05) is 24.6 Å². The molecule has 0 radical (unpaired) electrons. The van der Waals surface area contributed by atoms with E-state index in [-0.39, 0.29) is 5.56 Å². The lowest BCUT2D eigenvalue weighted by molar-refractivity contribution is 0.590. The molecule has 0 saturated carbocycles. The van der Waals surface area contributed by atoms with E-state index < -0.39 is 11.6 Å². The molecule has 0 atom stereocenters. The van der Waals surface area contributed by atoms with Gasteiger partial charge in [0.1, 0.15) is 22.3 Å². The van der Waals surface area contributed by atoms with Gasteiger partial charge in [0, 0.05) is 23.5 Å². The minimum atomic E-state index is -0.558. The summed E-state index contributed by atoms with van der Waals surface area (Å²) in [4.78, 5) is 5.70. The number of hydrogen-bond acceptors (Lipinski definition) is 4. The maximum Gasteiger partial charge on any atom is 0.143 e. The molecule has 0 saturated heterocycles. The minimum absolute atomic E-state index is 0.0102. The predicted molar refractivity (Wildman–Crippen MR) is 93.0 cm³/mol. The second-order valence-electron chi connectivity index (χ2n) is 5.14. The Labute approximate surface area is 144 Å². The lowest BCUT2D eigenvalue weighted by Gasteiger charge is -2.01. The number of rotatable bonds is 3. The zero-order valence-corrected chi connectivity index (χ0v) is 14.2. The molecule has 3 aromatic heterocycles. The smallest absolute Gasteiger partial charge is 0.143 e. The van der Waals surface area contributed by atoms with Gasteiger partial charge in [-0.15, -0.1) is 22.7 Å². The zero-order chi connectivity index (χ0) is 16.7. The zero-order valence-electron chi connectivity index (χ0n) is 12.5. The van der Waals surface area contributed by atoms with Gasteiger partial charge in [-0.05, 0) is 30.3 Å². The Kier molecular flexibility index (Phi) is 3.74. The fraction of sp³-hybridized carbons (Fsp3) is 0.0588. The summed E-state index contributed by atoms with van der Waals surface area (Å²) in [7, 11) is 1.84. The number of hydrogen-bond donors (Lipinski definition) is 0. The molecule has 7 heteroatoms. The van der Waals surface area contributed by atoms with Crippen molar-refractivity contribution >= 4 is 22.7 Å². The van der Waals surface area contributed by atoms with E-state index in [0.29, 0.717) is 4.88 Å². The van der Waals surface area contributed by atoms with Crippen LogP contribution >= 0.6 is 22.7 Å². The van der Waals surface area contributed by atoms with Crippen molar-refractivity contribution in [2.24, 2.45) is 7.05 Å². The predicted octanol–water partition coefficient (Wildman–Crippen LogP) is 5.22. The average Bonchev–Trinajstić information content (AvgIpc) is 3.26. The summed E-state index contributed by atoms with van der Waals surface area (Å²) in [6.07, 6.45) is 1.73. The van der Waals surface area contributed by atoms with Gasteiger partial charge in [0.2, 0.25) is 0 Å². The van der Waals surface area contributed by atoms with E-state index in [9.17, 15) is 8.78 Å². The summed E-state index contributed by atoms with van der Waals surface area (Å²) in [6.45, 7) is 0. The summed E-state index contributed by atoms with van der Waals surface area (Å²) < 4.78 is 29.7. The molecule has 0 amide bonds. The Morgan fingerprint density at radius 1 is 1.04 bits per heavy atom. The van der Waals surface area contributed by atoms with E-state index >= 15 is 0 Å². The lowest BCUT2D eigenvalue weighted by Crippen LogP contribution is -1.92. The van der Waals surface area contributed by atoms with Crippen molar-refractivity contribution in [2.75, 3.05) is 0 Å². The van der Waals surface area contributed by atoms with Crippen molar-refractivity contribution in [1.82, 2.24) is 14.8 Å². The molecule has 24 heavy (non-hydrogen) atoms. The number of thiophene rings is 1. The molecule has 0 aliphatic heterocycles. The Morgan fingerprint density at radius 3 is 2.50 bits per heavy atom. The number of nitrogens with zero attached hydrogens (tertiary/aromatic N) is 3. The summed E-state index contributed by atoms with van der Waals surface area (Å²) in [5.74, 6) is -1.12. The van der Waals surface area contributed by atoms with Crippen molar-refractivity contribution in [2.45, 2.75) is 0 Å². The topological polar surface area (TPSA) is 30.7 Å². The molecule has 0 spiro atoms. The van der Waals surface area contributed by atoms with Crippen LogP contribution in [0.5, 0.6) is 0 Å². The number of aryl methyl sites for hydroxylation is 1. The van der Waals surface area contributed by atoms with Gasteiger partial charge in [-0.25, -0.2) is 13.8 Å². The molecular weight excluding hydrogens is 348 g/mol. The first-order valence-electron chi connectivity index (χ1n) is 7.12. The van der Waals surface area contributed by atoms with Crippen LogP contribution in [0.15, 0.2) is 48.0 Å². The van der Waals surface area contributed by atoms with Gasteiger partial charge in [0.05, 0.1) is 16.1 Å². The van der Waals surface area contributed by atoms with E-state index in [0.717, 1.165) is 21.3 Å². The van der Waals surface area contributed by atoms with Crippen molar-refractivity contribution in [1.29, 1.82) is 0 Å². The fourth-order valence-electron chi connectivity index (χ4n) is 2.50. The Morgan fingerprint density at radius 2 is 1.79 bits per heavy atom. The Bertz CT molecular complexity index is 983. The molecule has 0 bridgehead atoms. The van der Waals surface area contributed by atoms with Crippen molar-refractivity contribution < 1.29 is 8.78 Å². The maximum atomic E-state index is 14.0. The summed E-state index contributed by atoms with van der Waals surface area (Å²) >= 11 is 2.85. The molecule has 4 aromatic rings. The van der Waals surface area contributed by atoms with E-state index in [1.165, 1.54) is 40.9 Å². The maximum absolute atomic E-state index is 14.0. The minimum Gasteiger partial charge on any atom is -0.266 e. The van der Waals surface area contributed by atoms with Crippen LogP contribution in [0.3, 0.4) is 0 Å². The van der Waals surface area contributed by atoms with Crippen LogP contribution in [0, 0.1) is 11.6 Å². The number of halogens is 2. The number of aromatic nitrogens is 3. The monoisotopic (exact) mass is 359 g/mol. The van der Waals surface area contributed by atoms with E-state index in [1.54, 1.807) is 16.9 Å². The molecule has 3 heterocycles. The standard InChI is InChI=1S/C17H11F2N3S2/c1-22-13(9-12(21-22)17-20-7-8-23-17)14-5-6-15(24-14)16-10(18)3-2-4-11(16)19/h2-9H,1H3. The molecule has 0 unspecified atom stereocenters. The van der Waals surface area contributed by atoms with Crippen LogP contribution in [-0.2, 0) is 7.05 Å². The van der Waals surface area contributed by atoms with Crippen molar-refractivity contribution in [3.63, 3.8) is 0 Å². The van der Waals surface area contributed by atoms with Crippen LogP contribution in [0.25, 0.3) is 31.7 Å². The van der Waals surface area contributed by atoms with Gasteiger partial charge in [-0.1, -0.05) is 6.07 Å². The third-order valence-electron chi connectivity index (χ3n) is 3.60. The van der Waals surface area contributed by atoms with Crippen LogP contribution < -0.4 is 0 Å². The second kappa shape index (κ2) is 5.92. The molecule has 1 aromatic carbocycles. The fourth-order valence-corrected chi connectivity index (χ4v) is 4.19. The van der Waals surface area contributed by atoms with Gasteiger partial charge in [0.15, 0.2) is 0 Å². The first-order chi connectivity index (χ1) is 11.6. The van der Waals surface area contributed by atoms with E-state index in [2.05, 4.69) is 10.1 Å². The molecule has 0 aliphatic carbocycles. The second-order valence-corrected chi connectivity index (χ2v) is 7.11. The molecule has 0 aliphatic rings. The van der Waals surface area contributed by atoms with Crippen molar-refractivity contribution in [3.05, 3.63) is 59.6 Å². The summed E-state index contributed by atoms with van der Waals surface area (Å²) in [6, 6.07) is 9.42. The van der Waals surface area contributed by atoms with Gasteiger partial charge in [-0.3, -0.25) is 4.68 Å². The molecule has 4 rings (SSSR count). The summed E-state index contributed by atoms with van der Waals surface area (Å²) in [5.41, 5.74) is 1.68. The largest absolute Gasteiger partial charge is 0.266 e. The normalized spacial score (nSPS) is 11.1. The third-order valence-corrected chi connectivity index (χ3v) is 5.52. The molecule has 0 fully saturated rings. The first-order valence-corrected chi connectivity index (χ1v) is 8.81. The highest BCUT2D eigenvalue weighted by atomic mass is 32.1. The van der Waals surface area contributed by atoms with Crippen LogP contribution in [0.2, 0.25) is 0 Å². The summed E-state index contributed by atoms with van der Waals surface area (Å²) in [5, 5.41) is 7.21. The van der Waals surface area contributed by atoms with Crippen LogP contribution in [0.4, 0.5) is 8.78 Å². The quantitative estimate of drug-likeness (QED) is 0.502. The highest BCUT2D eigenvalue weighted by Crippen LogP contribution is 2.37. The van der Waals surface area contributed by atoms with Gasteiger partial charge >= 0.3 is 0 Å². The van der Waals surface area contributed by atoms with Gasteiger partial charge in [-0.2, -0.15) is 5.10 Å². The number of thiazole rings is 1. The van der Waals surface area contributed by atoms with Crippen molar-refractivity contribution in [3.8, 4) is 31.7 Å². The van der Waals surface area contributed by atoms with Gasteiger partial charge < -0.3 is 0 Å². The molecule has 120 valence electrons. The van der Waals surface area contributed by atoms with Crippen LogP contribution in [0.1, 0.15) is 0 Å². The van der Waals surface area contributed by atoms with E-state index in [4.69, 9.17) is 0 Å². The molecule has 3 nitrogen and oxygen atoms in total. The van der Waals surface area contributed by atoms with Gasteiger partial charge in [0.25, 0.3) is 0 Å². The molecular formula is C17H11F2N3S2. The highest BCUT2D eigenvalue weighted by Gasteiger charge is 2.16. The third kappa shape index (κ3) is 2.55. The Balaban J connectivity index is 1.76.